The monoisotopic (exact) mass is 492 g/mol. The summed E-state index contributed by atoms with van der Waals surface area (Å²) in [6, 6.07) is 9.64. The second-order valence-corrected chi connectivity index (χ2v) is 10.1. The van der Waals surface area contributed by atoms with Gasteiger partial charge in [-0.05, 0) is 49.2 Å². The molecular formula is C19H16ClF3N2O4S2. The van der Waals surface area contributed by atoms with Crippen LogP contribution in [-0.4, -0.2) is 43.3 Å². The number of aromatic nitrogens is 1. The number of benzene rings is 2. The summed E-state index contributed by atoms with van der Waals surface area (Å²) < 4.78 is 74.3. The summed E-state index contributed by atoms with van der Waals surface area (Å²) in [5.74, 6) is -0.477. The molecule has 31 heavy (non-hydrogen) atoms. The molecule has 1 saturated heterocycles. The molecule has 1 aliphatic heterocycles. The van der Waals surface area contributed by atoms with Crippen LogP contribution in [0.3, 0.4) is 0 Å². The third kappa shape index (κ3) is 5.05. The number of ether oxygens (including phenoxy) is 2. The van der Waals surface area contributed by atoms with Gasteiger partial charge in [0.2, 0.25) is 10.0 Å². The van der Waals surface area contributed by atoms with Gasteiger partial charge in [0.1, 0.15) is 17.4 Å². The van der Waals surface area contributed by atoms with Gasteiger partial charge in [-0.25, -0.2) is 13.4 Å². The maximum absolute atomic E-state index is 12.8. The molecule has 2 heterocycles. The third-order valence-corrected chi connectivity index (χ3v) is 7.84. The van der Waals surface area contributed by atoms with Gasteiger partial charge < -0.3 is 9.47 Å². The Morgan fingerprint density at radius 1 is 1.10 bits per heavy atom. The van der Waals surface area contributed by atoms with E-state index in [9.17, 15) is 21.6 Å². The Morgan fingerprint density at radius 2 is 1.77 bits per heavy atom. The lowest BCUT2D eigenvalue weighted by atomic mass is 10.1. The summed E-state index contributed by atoms with van der Waals surface area (Å²) in [6.45, 7) is 0.443. The summed E-state index contributed by atoms with van der Waals surface area (Å²) in [5, 5.41) is 1.01. The molecule has 0 radical (unpaired) electrons. The average molecular weight is 493 g/mol. The van der Waals surface area contributed by atoms with Crippen molar-refractivity contribution in [3.63, 3.8) is 0 Å². The molecule has 0 aliphatic carbocycles. The van der Waals surface area contributed by atoms with Gasteiger partial charge in [0.15, 0.2) is 0 Å². The molecule has 0 bridgehead atoms. The zero-order valence-electron chi connectivity index (χ0n) is 15.8. The summed E-state index contributed by atoms with van der Waals surface area (Å²) in [4.78, 5) is 4.30. The van der Waals surface area contributed by atoms with Gasteiger partial charge >= 0.3 is 6.36 Å². The lowest BCUT2D eigenvalue weighted by molar-refractivity contribution is -0.274. The number of para-hydroxylation sites is 1. The molecule has 0 N–H and O–H groups in total. The van der Waals surface area contributed by atoms with Gasteiger partial charge in [-0.1, -0.05) is 29.0 Å². The second kappa shape index (κ2) is 8.45. The van der Waals surface area contributed by atoms with E-state index in [1.165, 1.54) is 15.6 Å². The van der Waals surface area contributed by atoms with Crippen LogP contribution in [0.25, 0.3) is 10.2 Å². The summed E-state index contributed by atoms with van der Waals surface area (Å²) in [6.07, 6.45) is -4.12. The maximum atomic E-state index is 12.8. The molecule has 4 rings (SSSR count). The van der Waals surface area contributed by atoms with Crippen molar-refractivity contribution in [1.82, 2.24) is 9.29 Å². The topological polar surface area (TPSA) is 68.7 Å². The number of thiazole rings is 1. The zero-order chi connectivity index (χ0) is 22.2. The van der Waals surface area contributed by atoms with E-state index in [1.807, 2.05) is 12.1 Å². The van der Waals surface area contributed by atoms with E-state index >= 15 is 0 Å². The van der Waals surface area contributed by atoms with Crippen molar-refractivity contribution in [2.45, 2.75) is 30.2 Å². The van der Waals surface area contributed by atoms with Crippen LogP contribution < -0.4 is 9.47 Å². The number of rotatable bonds is 5. The molecule has 1 fully saturated rings. The molecule has 12 heteroatoms. The molecular weight excluding hydrogens is 477 g/mol. The first-order valence-corrected chi connectivity index (χ1v) is 11.8. The van der Waals surface area contributed by atoms with Crippen molar-refractivity contribution in [3.05, 3.63) is 47.5 Å². The van der Waals surface area contributed by atoms with Crippen molar-refractivity contribution in [3.8, 4) is 10.9 Å². The summed E-state index contributed by atoms with van der Waals surface area (Å²) in [7, 11) is -3.83. The number of fused-ring (bicyclic) bond motifs is 1. The number of alkyl halides is 3. The predicted molar refractivity (Wildman–Crippen MR) is 110 cm³/mol. The van der Waals surface area contributed by atoms with Crippen molar-refractivity contribution in [2.24, 2.45) is 0 Å². The largest absolute Gasteiger partial charge is 0.573 e. The fourth-order valence-corrected chi connectivity index (χ4v) is 5.89. The highest BCUT2D eigenvalue weighted by Crippen LogP contribution is 2.34. The van der Waals surface area contributed by atoms with Gasteiger partial charge in [-0.2, -0.15) is 4.31 Å². The van der Waals surface area contributed by atoms with Crippen LogP contribution in [0.2, 0.25) is 5.02 Å². The highest BCUT2D eigenvalue weighted by molar-refractivity contribution is 7.89. The second-order valence-electron chi connectivity index (χ2n) is 6.81. The Hall–Kier alpha value is -2.08. The van der Waals surface area contributed by atoms with E-state index in [-0.39, 0.29) is 24.1 Å². The van der Waals surface area contributed by atoms with E-state index in [4.69, 9.17) is 16.3 Å². The van der Waals surface area contributed by atoms with Crippen LogP contribution in [0.1, 0.15) is 12.8 Å². The minimum Gasteiger partial charge on any atom is -0.467 e. The molecule has 0 unspecified atom stereocenters. The first-order chi connectivity index (χ1) is 14.6. The lowest BCUT2D eigenvalue weighted by Crippen LogP contribution is -2.41. The Kier molecular flexibility index (Phi) is 6.03. The summed E-state index contributed by atoms with van der Waals surface area (Å²) >= 11 is 7.51. The Labute approximate surface area is 185 Å². The van der Waals surface area contributed by atoms with Crippen molar-refractivity contribution in [2.75, 3.05) is 13.1 Å². The smallest absolute Gasteiger partial charge is 0.467 e. The third-order valence-electron chi connectivity index (χ3n) is 4.71. The molecule has 0 spiro atoms. The average Bonchev–Trinajstić information content (AvgIpc) is 3.11. The molecule has 166 valence electrons. The van der Waals surface area contributed by atoms with Crippen LogP contribution in [0.4, 0.5) is 13.2 Å². The molecule has 2 aromatic carbocycles. The highest BCUT2D eigenvalue weighted by Gasteiger charge is 2.33. The van der Waals surface area contributed by atoms with Crippen molar-refractivity contribution < 1.29 is 31.1 Å². The van der Waals surface area contributed by atoms with Crippen LogP contribution in [-0.2, 0) is 10.0 Å². The molecule has 1 aromatic heterocycles. The minimum absolute atomic E-state index is 0.0952. The first-order valence-electron chi connectivity index (χ1n) is 9.19. The highest BCUT2D eigenvalue weighted by atomic mass is 35.5. The van der Waals surface area contributed by atoms with E-state index in [1.54, 1.807) is 6.07 Å². The van der Waals surface area contributed by atoms with Gasteiger partial charge in [0.05, 0.1) is 14.6 Å². The number of hydrogen-bond donors (Lipinski definition) is 0. The van der Waals surface area contributed by atoms with E-state index in [0.717, 1.165) is 29.0 Å². The lowest BCUT2D eigenvalue weighted by Gasteiger charge is -2.30. The number of halogens is 4. The molecule has 0 atom stereocenters. The first kappa shape index (κ1) is 22.1. The Balaban J connectivity index is 1.38. The standard InChI is InChI=1S/C19H16ClF3N2O4S2/c20-15-2-1-3-16-17(15)24-18(30-16)28-12-8-10-25(11-9-12)31(26,27)14-6-4-13(5-7-14)29-19(21,22)23/h1-7,12H,8-11H2. The number of piperidine rings is 1. The van der Waals surface area contributed by atoms with Gasteiger partial charge in [-0.15, -0.1) is 13.2 Å². The fourth-order valence-electron chi connectivity index (χ4n) is 3.24. The number of nitrogens with zero attached hydrogens (tertiary/aromatic N) is 2. The molecule has 0 amide bonds. The molecule has 1 aliphatic rings. The van der Waals surface area contributed by atoms with Crippen LogP contribution in [0.15, 0.2) is 47.4 Å². The normalized spacial score (nSPS) is 16.5. The van der Waals surface area contributed by atoms with E-state index in [2.05, 4.69) is 9.72 Å². The van der Waals surface area contributed by atoms with Gasteiger partial charge in [0, 0.05) is 13.1 Å². The van der Waals surface area contributed by atoms with Gasteiger partial charge in [0.25, 0.3) is 5.19 Å². The minimum atomic E-state index is -4.84. The molecule has 6 nitrogen and oxygen atoms in total. The van der Waals surface area contributed by atoms with Crippen LogP contribution in [0, 0.1) is 0 Å². The summed E-state index contributed by atoms with van der Waals surface area (Å²) in [5.41, 5.74) is 0.669. The van der Waals surface area contributed by atoms with Crippen molar-refractivity contribution >= 4 is 43.2 Å². The maximum Gasteiger partial charge on any atom is 0.573 e. The zero-order valence-corrected chi connectivity index (χ0v) is 18.2. The number of hydrogen-bond acceptors (Lipinski definition) is 6. The Morgan fingerprint density at radius 3 is 2.39 bits per heavy atom. The van der Waals surface area contributed by atoms with E-state index < -0.39 is 22.1 Å². The predicted octanol–water partition coefficient (Wildman–Crippen LogP) is 5.08. The Bertz CT molecular complexity index is 1180. The fraction of sp³-hybridized carbons (Fsp3) is 0.316. The molecule has 3 aromatic rings. The van der Waals surface area contributed by atoms with E-state index in [0.29, 0.717) is 28.6 Å². The SMILES string of the molecule is O=S(=O)(c1ccc(OC(F)(F)F)cc1)N1CCC(Oc2nc3c(Cl)cccc3s2)CC1. The van der Waals surface area contributed by atoms with Crippen LogP contribution >= 0.6 is 22.9 Å². The van der Waals surface area contributed by atoms with Crippen LogP contribution in [0.5, 0.6) is 10.9 Å². The van der Waals surface area contributed by atoms with Crippen molar-refractivity contribution in [1.29, 1.82) is 0 Å². The van der Waals surface area contributed by atoms with Gasteiger partial charge in [-0.3, -0.25) is 0 Å². The quantitative estimate of drug-likeness (QED) is 0.497. The number of sulfonamides is 1. The molecule has 0 saturated carbocycles.